The first-order chi connectivity index (χ1) is 14.9. The van der Waals surface area contributed by atoms with E-state index in [1.165, 1.54) is 0 Å². The summed E-state index contributed by atoms with van der Waals surface area (Å²) in [5.41, 5.74) is 8.83. The minimum atomic E-state index is -0.309. The highest BCUT2D eigenvalue weighted by atomic mass is 35.5. The molecule has 31 heavy (non-hydrogen) atoms. The standard InChI is InChI=1S/C21H22ClN7O2/c1-11(2)26-20(31)17-14(22)6-7-16-18(17)27-21(23)29(16)9-8-24-19(30)12-4-3-5-15-13(12)10-25-28-15/h3-7,10-11H,8-9H2,1-2H3,(H2,23,27)(H,24,30)(H,25,28)(H,26,31). The van der Waals surface area contributed by atoms with E-state index in [4.69, 9.17) is 17.3 Å². The van der Waals surface area contributed by atoms with Crippen molar-refractivity contribution in [3.8, 4) is 0 Å². The Morgan fingerprint density at radius 1 is 1.23 bits per heavy atom. The second-order valence-electron chi connectivity index (χ2n) is 7.43. The number of imidazole rings is 1. The van der Waals surface area contributed by atoms with Gasteiger partial charge in [-0.1, -0.05) is 17.7 Å². The summed E-state index contributed by atoms with van der Waals surface area (Å²) in [6, 6.07) is 8.76. The van der Waals surface area contributed by atoms with Crippen molar-refractivity contribution in [3.05, 3.63) is 52.7 Å². The highest BCUT2D eigenvalue weighted by Gasteiger charge is 2.20. The highest BCUT2D eigenvalue weighted by molar-refractivity contribution is 6.35. The van der Waals surface area contributed by atoms with Gasteiger partial charge in [0.25, 0.3) is 11.8 Å². The van der Waals surface area contributed by atoms with Gasteiger partial charge in [-0.25, -0.2) is 4.98 Å². The molecule has 0 spiro atoms. The number of aromatic nitrogens is 4. The Labute approximate surface area is 183 Å². The maximum absolute atomic E-state index is 12.6. The Kier molecular flexibility index (Phi) is 5.51. The van der Waals surface area contributed by atoms with Crippen LogP contribution in [0.2, 0.25) is 5.02 Å². The molecule has 2 aromatic heterocycles. The summed E-state index contributed by atoms with van der Waals surface area (Å²) in [6.07, 6.45) is 1.62. The summed E-state index contributed by atoms with van der Waals surface area (Å²) >= 11 is 6.28. The molecule has 2 heterocycles. The van der Waals surface area contributed by atoms with Gasteiger partial charge < -0.3 is 20.9 Å². The fourth-order valence-corrected chi connectivity index (χ4v) is 3.75. The molecule has 4 rings (SSSR count). The number of anilines is 1. The van der Waals surface area contributed by atoms with Gasteiger partial charge in [-0.15, -0.1) is 0 Å². The molecule has 0 fully saturated rings. The lowest BCUT2D eigenvalue weighted by Gasteiger charge is -2.11. The summed E-state index contributed by atoms with van der Waals surface area (Å²) in [5, 5.41) is 13.6. The molecule has 4 aromatic rings. The zero-order valence-corrected chi connectivity index (χ0v) is 17.8. The van der Waals surface area contributed by atoms with Crippen molar-refractivity contribution in [2.24, 2.45) is 0 Å². The molecule has 9 nitrogen and oxygen atoms in total. The molecule has 0 aliphatic rings. The Morgan fingerprint density at radius 2 is 2.03 bits per heavy atom. The van der Waals surface area contributed by atoms with Crippen LogP contribution in [-0.4, -0.2) is 44.1 Å². The fourth-order valence-electron chi connectivity index (χ4n) is 3.51. The van der Waals surface area contributed by atoms with Crippen LogP contribution in [0.5, 0.6) is 0 Å². The molecule has 0 radical (unpaired) electrons. The van der Waals surface area contributed by atoms with Gasteiger partial charge in [0.1, 0.15) is 5.52 Å². The SMILES string of the molecule is CC(C)NC(=O)c1c(Cl)ccc2c1nc(N)n2CCNC(=O)c1cccc2[nH]ncc12. The van der Waals surface area contributed by atoms with Crippen molar-refractivity contribution in [2.45, 2.75) is 26.4 Å². The monoisotopic (exact) mass is 439 g/mol. The molecular formula is C21H22ClN7O2. The van der Waals surface area contributed by atoms with Crippen molar-refractivity contribution >= 4 is 51.3 Å². The van der Waals surface area contributed by atoms with Crippen LogP contribution in [0.1, 0.15) is 34.6 Å². The zero-order valence-electron chi connectivity index (χ0n) is 17.1. The van der Waals surface area contributed by atoms with Crippen LogP contribution in [0.25, 0.3) is 21.9 Å². The highest BCUT2D eigenvalue weighted by Crippen LogP contribution is 2.27. The van der Waals surface area contributed by atoms with Crippen LogP contribution in [0.4, 0.5) is 5.95 Å². The van der Waals surface area contributed by atoms with Crippen molar-refractivity contribution in [1.29, 1.82) is 0 Å². The largest absolute Gasteiger partial charge is 0.369 e. The van der Waals surface area contributed by atoms with Gasteiger partial charge in [0.05, 0.1) is 33.4 Å². The minimum absolute atomic E-state index is 0.0480. The van der Waals surface area contributed by atoms with Crippen molar-refractivity contribution < 1.29 is 9.59 Å². The van der Waals surface area contributed by atoms with E-state index < -0.39 is 0 Å². The Balaban J connectivity index is 1.55. The van der Waals surface area contributed by atoms with Gasteiger partial charge >= 0.3 is 0 Å². The smallest absolute Gasteiger partial charge is 0.255 e. The fraction of sp³-hybridized carbons (Fsp3) is 0.238. The number of carbonyl (C=O) groups excluding carboxylic acids is 2. The molecule has 0 atom stereocenters. The number of hydrogen-bond acceptors (Lipinski definition) is 5. The molecule has 2 aromatic carbocycles. The second kappa shape index (κ2) is 8.27. The van der Waals surface area contributed by atoms with Gasteiger partial charge in [0, 0.05) is 24.5 Å². The Bertz CT molecular complexity index is 1290. The third kappa shape index (κ3) is 3.91. The summed E-state index contributed by atoms with van der Waals surface area (Å²) in [5.74, 6) is -0.283. The molecule has 0 saturated heterocycles. The van der Waals surface area contributed by atoms with E-state index in [1.807, 2.05) is 19.9 Å². The van der Waals surface area contributed by atoms with Gasteiger partial charge in [0.2, 0.25) is 5.95 Å². The quantitative estimate of drug-likeness (QED) is 0.367. The average molecular weight is 440 g/mol. The number of H-pyrrole nitrogens is 1. The maximum Gasteiger partial charge on any atom is 0.255 e. The van der Waals surface area contributed by atoms with Gasteiger partial charge in [-0.2, -0.15) is 5.10 Å². The summed E-state index contributed by atoms with van der Waals surface area (Å²) in [4.78, 5) is 29.6. The summed E-state index contributed by atoms with van der Waals surface area (Å²) in [6.45, 7) is 4.43. The Hall–Kier alpha value is -3.59. The first-order valence-electron chi connectivity index (χ1n) is 9.82. The number of nitrogens with one attached hydrogen (secondary N) is 3. The molecule has 0 unspecified atom stereocenters. The molecular weight excluding hydrogens is 418 g/mol. The van der Waals surface area contributed by atoms with Gasteiger partial charge in [0.15, 0.2) is 0 Å². The molecule has 2 amide bonds. The van der Waals surface area contributed by atoms with E-state index in [0.29, 0.717) is 34.7 Å². The van der Waals surface area contributed by atoms with E-state index in [-0.39, 0.29) is 29.4 Å². The third-order valence-corrected chi connectivity index (χ3v) is 5.21. The molecule has 5 N–H and O–H groups in total. The van der Waals surface area contributed by atoms with Crippen molar-refractivity contribution in [3.63, 3.8) is 0 Å². The topological polar surface area (TPSA) is 131 Å². The molecule has 0 bridgehead atoms. The average Bonchev–Trinajstić information content (AvgIpc) is 3.31. The van der Waals surface area contributed by atoms with Crippen molar-refractivity contribution in [2.75, 3.05) is 12.3 Å². The second-order valence-corrected chi connectivity index (χ2v) is 7.84. The van der Waals surface area contributed by atoms with Crippen LogP contribution in [0, 0.1) is 0 Å². The minimum Gasteiger partial charge on any atom is -0.369 e. The van der Waals surface area contributed by atoms with Crippen LogP contribution < -0.4 is 16.4 Å². The maximum atomic E-state index is 12.6. The molecule has 0 aliphatic heterocycles. The van der Waals surface area contributed by atoms with E-state index in [1.54, 1.807) is 35.0 Å². The van der Waals surface area contributed by atoms with Crippen LogP contribution in [-0.2, 0) is 6.54 Å². The van der Waals surface area contributed by atoms with Crippen LogP contribution in [0.15, 0.2) is 36.5 Å². The Morgan fingerprint density at radius 3 is 2.81 bits per heavy atom. The number of halogens is 1. The number of amides is 2. The lowest BCUT2D eigenvalue weighted by atomic mass is 10.1. The van der Waals surface area contributed by atoms with Gasteiger partial charge in [-0.3, -0.25) is 14.7 Å². The predicted octanol–water partition coefficient (Wildman–Crippen LogP) is 2.72. The summed E-state index contributed by atoms with van der Waals surface area (Å²) in [7, 11) is 0. The molecule has 160 valence electrons. The molecule has 0 aliphatic carbocycles. The zero-order chi connectivity index (χ0) is 22.1. The first kappa shape index (κ1) is 20.7. The first-order valence-corrected chi connectivity index (χ1v) is 10.2. The van der Waals surface area contributed by atoms with Crippen molar-refractivity contribution in [1.82, 2.24) is 30.4 Å². The lowest BCUT2D eigenvalue weighted by molar-refractivity contribution is 0.0940. The van der Waals surface area contributed by atoms with E-state index in [2.05, 4.69) is 25.8 Å². The molecule has 0 saturated carbocycles. The normalized spacial score (nSPS) is 11.4. The number of nitrogen functional groups attached to an aromatic ring is 1. The van der Waals surface area contributed by atoms with E-state index in [9.17, 15) is 9.59 Å². The molecule has 10 heteroatoms. The lowest BCUT2D eigenvalue weighted by Crippen LogP contribution is -2.30. The number of benzene rings is 2. The third-order valence-electron chi connectivity index (χ3n) is 4.90. The number of carbonyl (C=O) groups is 2. The van der Waals surface area contributed by atoms with Crippen LogP contribution in [0.3, 0.4) is 0 Å². The number of nitrogens with two attached hydrogens (primary N) is 1. The van der Waals surface area contributed by atoms with Gasteiger partial charge in [-0.05, 0) is 38.1 Å². The summed E-state index contributed by atoms with van der Waals surface area (Å²) < 4.78 is 1.75. The van der Waals surface area contributed by atoms with E-state index in [0.717, 1.165) is 10.9 Å². The number of fused-ring (bicyclic) bond motifs is 2. The number of nitrogens with zero attached hydrogens (tertiary/aromatic N) is 3. The van der Waals surface area contributed by atoms with Crippen LogP contribution >= 0.6 is 11.6 Å². The predicted molar refractivity (Wildman–Crippen MR) is 120 cm³/mol. The number of hydrogen-bond donors (Lipinski definition) is 4. The number of aromatic amines is 1. The number of rotatable bonds is 6. The van der Waals surface area contributed by atoms with E-state index >= 15 is 0 Å².